The van der Waals surface area contributed by atoms with Crippen LogP contribution in [0.4, 0.5) is 23.5 Å². The van der Waals surface area contributed by atoms with Gasteiger partial charge in [-0.05, 0) is 48.5 Å². The molecule has 2 aromatic carbocycles. The number of imidazole rings is 1. The van der Waals surface area contributed by atoms with Gasteiger partial charge in [0, 0.05) is 11.8 Å². The molecule has 236 valence electrons. The van der Waals surface area contributed by atoms with Crippen molar-refractivity contribution in [3.05, 3.63) is 65.2 Å². The van der Waals surface area contributed by atoms with E-state index in [0.717, 1.165) is 6.33 Å². The number of H-pyrrole nitrogens is 1. The molecule has 1 saturated heterocycles. The van der Waals surface area contributed by atoms with E-state index in [1.165, 1.54) is 62.8 Å². The SMILES string of the molecule is COc1ccc(OP(=S)(OCC2(C(F)F)OC(n3cnc4c(=O)[nH]c(N)nc43)C(F)(F)C2O)Oc2ccc(OC)cc2)cc1. The summed E-state index contributed by atoms with van der Waals surface area (Å²) in [4.78, 5) is 21.8. The highest BCUT2D eigenvalue weighted by Gasteiger charge is 2.71. The highest BCUT2D eigenvalue weighted by Crippen LogP contribution is 2.55. The van der Waals surface area contributed by atoms with Gasteiger partial charge in [0.1, 0.15) is 23.0 Å². The van der Waals surface area contributed by atoms with Crippen LogP contribution in [-0.4, -0.2) is 69.5 Å². The van der Waals surface area contributed by atoms with Crippen LogP contribution in [0.3, 0.4) is 0 Å². The van der Waals surface area contributed by atoms with Gasteiger partial charge in [-0.2, -0.15) is 13.8 Å². The van der Waals surface area contributed by atoms with Crippen LogP contribution in [0, 0.1) is 0 Å². The Morgan fingerprint density at radius 3 is 2.09 bits per heavy atom. The number of hydrogen-bond donors (Lipinski definition) is 3. The van der Waals surface area contributed by atoms with Crippen LogP contribution >= 0.6 is 6.72 Å². The van der Waals surface area contributed by atoms with Crippen molar-refractivity contribution in [2.45, 2.75) is 30.3 Å². The molecule has 5 rings (SSSR count). The van der Waals surface area contributed by atoms with Crippen LogP contribution in [0.25, 0.3) is 11.2 Å². The Kier molecular flexibility index (Phi) is 8.48. The van der Waals surface area contributed by atoms with Crippen LogP contribution in [0.5, 0.6) is 23.0 Å². The standard InChI is InChI=1S/C25H24F4N5O8PS/c1-37-13-3-7-15(8-4-13)41-43(44,42-16-9-5-14(38-2)6-10-16)39-11-24(21(26)27)20(36)25(28,29)22(40-24)34-12-31-17-18(34)32-23(30)33-19(17)35/h3-10,12,20-22,36H,11H2,1-2H3,(H3,30,32,33,35). The fourth-order valence-electron chi connectivity index (χ4n) is 4.30. The number of aromatic nitrogens is 4. The predicted octanol–water partition coefficient (Wildman–Crippen LogP) is 3.65. The zero-order valence-electron chi connectivity index (χ0n) is 22.7. The number of alkyl halides is 4. The molecule has 13 nitrogen and oxygen atoms in total. The Morgan fingerprint density at radius 1 is 1.07 bits per heavy atom. The lowest BCUT2D eigenvalue weighted by molar-refractivity contribution is -0.191. The van der Waals surface area contributed by atoms with E-state index in [-0.39, 0.29) is 11.5 Å². The third kappa shape index (κ3) is 5.78. The Morgan fingerprint density at radius 2 is 1.59 bits per heavy atom. The van der Waals surface area contributed by atoms with Gasteiger partial charge >= 0.3 is 12.6 Å². The fraction of sp³-hybridized carbons (Fsp3) is 0.320. The van der Waals surface area contributed by atoms with Gasteiger partial charge < -0.3 is 34.1 Å². The number of benzene rings is 2. The van der Waals surface area contributed by atoms with Crippen molar-refractivity contribution >= 4 is 35.6 Å². The zero-order chi connectivity index (χ0) is 31.9. The molecule has 0 spiro atoms. The molecule has 0 bridgehead atoms. The molecule has 1 aliphatic rings. The van der Waals surface area contributed by atoms with Crippen LogP contribution in [0.2, 0.25) is 0 Å². The summed E-state index contributed by atoms with van der Waals surface area (Å²) < 4.78 is 93.5. The van der Waals surface area contributed by atoms with Crippen molar-refractivity contribution in [1.82, 2.24) is 19.5 Å². The highest BCUT2D eigenvalue weighted by atomic mass is 32.5. The number of nitrogens with zero attached hydrogens (tertiary/aromatic N) is 3. The molecule has 0 aliphatic carbocycles. The third-order valence-electron chi connectivity index (χ3n) is 6.56. The summed E-state index contributed by atoms with van der Waals surface area (Å²) in [5.41, 5.74) is 0.372. The maximum absolute atomic E-state index is 15.5. The summed E-state index contributed by atoms with van der Waals surface area (Å²) >= 11 is 5.49. The number of ether oxygens (including phenoxy) is 3. The number of methoxy groups -OCH3 is 2. The van der Waals surface area contributed by atoms with Gasteiger partial charge in [-0.25, -0.2) is 13.8 Å². The Balaban J connectivity index is 1.49. The van der Waals surface area contributed by atoms with E-state index >= 15 is 8.78 Å². The molecule has 1 aliphatic heterocycles. The van der Waals surface area contributed by atoms with Gasteiger partial charge in [0.15, 0.2) is 22.9 Å². The van der Waals surface area contributed by atoms with Crippen LogP contribution in [-0.2, 0) is 21.1 Å². The van der Waals surface area contributed by atoms with Gasteiger partial charge in [0.25, 0.3) is 12.0 Å². The minimum Gasteiger partial charge on any atom is -0.497 e. The van der Waals surface area contributed by atoms with E-state index in [4.69, 9.17) is 45.3 Å². The third-order valence-corrected chi connectivity index (χ3v) is 8.64. The minimum atomic E-state index is -4.39. The number of rotatable bonds is 11. The number of nitrogens with one attached hydrogen (secondary N) is 1. The molecular formula is C25H24F4N5O8PS. The van der Waals surface area contributed by atoms with Crippen molar-refractivity contribution in [2.24, 2.45) is 0 Å². The number of nitrogen functional groups attached to an aromatic ring is 1. The smallest absolute Gasteiger partial charge is 0.435 e. The first-order valence-electron chi connectivity index (χ1n) is 12.5. The van der Waals surface area contributed by atoms with Gasteiger partial charge in [-0.3, -0.25) is 18.9 Å². The van der Waals surface area contributed by atoms with Crippen molar-refractivity contribution in [1.29, 1.82) is 0 Å². The minimum absolute atomic E-state index is 0.0728. The number of aliphatic hydroxyl groups is 1. The van der Waals surface area contributed by atoms with Crippen molar-refractivity contribution < 1.29 is 50.5 Å². The molecule has 3 heterocycles. The van der Waals surface area contributed by atoms with Crippen LogP contribution < -0.4 is 29.8 Å². The average Bonchev–Trinajstić information content (AvgIpc) is 3.49. The molecule has 1 fully saturated rings. The summed E-state index contributed by atoms with van der Waals surface area (Å²) in [7, 11) is 2.87. The molecule has 4 N–H and O–H groups in total. The van der Waals surface area contributed by atoms with Gasteiger partial charge in [0.05, 0.1) is 27.2 Å². The van der Waals surface area contributed by atoms with E-state index in [2.05, 4.69) is 15.0 Å². The van der Waals surface area contributed by atoms with Gasteiger partial charge in [0.2, 0.25) is 12.2 Å². The topological polar surface area (TPSA) is 165 Å². The Hall–Kier alpha value is -3.96. The van der Waals surface area contributed by atoms with E-state index < -0.39 is 66.3 Å². The van der Waals surface area contributed by atoms with Gasteiger partial charge in [-0.1, -0.05) is 0 Å². The Labute approximate surface area is 250 Å². The maximum Gasteiger partial charge on any atom is 0.435 e. The summed E-state index contributed by atoms with van der Waals surface area (Å²) in [5.74, 6) is -3.78. The van der Waals surface area contributed by atoms with Gasteiger partial charge in [-0.15, -0.1) is 0 Å². The molecule has 3 atom stereocenters. The number of nitrogens with two attached hydrogens (primary N) is 1. The van der Waals surface area contributed by atoms with Crippen molar-refractivity contribution in [2.75, 3.05) is 26.6 Å². The van der Waals surface area contributed by atoms with E-state index in [0.29, 0.717) is 16.1 Å². The number of fused-ring (bicyclic) bond motifs is 1. The normalized spacial score (nSPS) is 21.5. The number of halogens is 4. The molecule has 3 unspecified atom stereocenters. The average molecular weight is 662 g/mol. The second-order valence-corrected chi connectivity index (χ2v) is 12.2. The quantitative estimate of drug-likeness (QED) is 0.158. The van der Waals surface area contributed by atoms with Crippen LogP contribution in [0.15, 0.2) is 59.7 Å². The Bertz CT molecular complexity index is 1690. The maximum atomic E-state index is 15.5. The fourth-order valence-corrected chi connectivity index (χ4v) is 6.23. The molecule has 44 heavy (non-hydrogen) atoms. The molecular weight excluding hydrogens is 637 g/mol. The first kappa shape index (κ1) is 31.5. The number of aliphatic hydroxyl groups excluding tert-OH is 1. The van der Waals surface area contributed by atoms with E-state index in [9.17, 15) is 18.7 Å². The molecule has 4 aromatic rings. The van der Waals surface area contributed by atoms with Crippen molar-refractivity contribution in [3.63, 3.8) is 0 Å². The molecule has 0 saturated carbocycles. The molecule has 2 aromatic heterocycles. The van der Waals surface area contributed by atoms with E-state index in [1.54, 1.807) is 0 Å². The van der Waals surface area contributed by atoms with Crippen LogP contribution in [0.1, 0.15) is 6.23 Å². The first-order valence-corrected chi connectivity index (χ1v) is 15.0. The monoisotopic (exact) mass is 661 g/mol. The molecule has 19 heteroatoms. The lowest BCUT2D eigenvalue weighted by Gasteiger charge is -2.32. The molecule has 0 radical (unpaired) electrons. The first-order chi connectivity index (χ1) is 20.8. The largest absolute Gasteiger partial charge is 0.497 e. The summed E-state index contributed by atoms with van der Waals surface area (Å²) in [6.07, 6.45) is -8.79. The second-order valence-electron chi connectivity index (χ2n) is 9.33. The number of aromatic amines is 1. The summed E-state index contributed by atoms with van der Waals surface area (Å²) in [6.45, 7) is -5.57. The highest BCUT2D eigenvalue weighted by molar-refractivity contribution is 8.07. The predicted molar refractivity (Wildman–Crippen MR) is 150 cm³/mol. The summed E-state index contributed by atoms with van der Waals surface area (Å²) in [5, 5.41) is 10.7. The number of anilines is 1. The number of hydrogen-bond acceptors (Lipinski definition) is 12. The lowest BCUT2D eigenvalue weighted by Crippen LogP contribution is -2.54. The zero-order valence-corrected chi connectivity index (χ0v) is 24.4. The van der Waals surface area contributed by atoms with E-state index in [1.807, 2.05) is 0 Å². The second kappa shape index (κ2) is 11.9. The summed E-state index contributed by atoms with van der Waals surface area (Å²) in [6, 6.07) is 11.8. The lowest BCUT2D eigenvalue weighted by atomic mass is 9.96. The van der Waals surface area contributed by atoms with Crippen molar-refractivity contribution in [3.8, 4) is 23.0 Å². The molecule has 0 amide bonds.